The molecule has 0 bridgehead atoms. The van der Waals surface area contributed by atoms with Gasteiger partial charge in [-0.1, -0.05) is 32.9 Å². The van der Waals surface area contributed by atoms with Crippen molar-refractivity contribution in [2.75, 3.05) is 18.4 Å². The van der Waals surface area contributed by atoms with E-state index >= 15 is 0 Å². The number of nitriles is 1. The van der Waals surface area contributed by atoms with E-state index in [1.165, 1.54) is 24.2 Å². The zero-order chi connectivity index (χ0) is 20.8. The van der Waals surface area contributed by atoms with E-state index in [1.54, 1.807) is 24.3 Å². The summed E-state index contributed by atoms with van der Waals surface area (Å²) >= 11 is 1.43. The number of carbonyl (C=O) groups excluding carboxylic acids is 1. The maximum atomic E-state index is 12.8. The molecule has 0 aliphatic carbocycles. The van der Waals surface area contributed by atoms with Crippen LogP contribution in [0.25, 0.3) is 0 Å². The Bertz CT molecular complexity index is 874. The van der Waals surface area contributed by atoms with E-state index in [4.69, 9.17) is 4.74 Å². The molecule has 1 aromatic heterocycles. The van der Waals surface area contributed by atoms with Crippen molar-refractivity contribution in [1.82, 2.24) is 9.88 Å². The number of amides is 1. The zero-order valence-electron chi connectivity index (χ0n) is 17.2. The van der Waals surface area contributed by atoms with Crippen LogP contribution in [0, 0.1) is 23.2 Å². The molecule has 6 nitrogen and oxygen atoms in total. The summed E-state index contributed by atoms with van der Waals surface area (Å²) in [7, 11) is 0. The van der Waals surface area contributed by atoms with Crippen LogP contribution in [0.15, 0.2) is 29.6 Å². The monoisotopic (exact) mass is 412 g/mol. The Morgan fingerprint density at radius 2 is 2.24 bits per heavy atom. The van der Waals surface area contributed by atoms with Crippen LogP contribution in [-0.4, -0.2) is 35.0 Å². The Labute approximate surface area is 176 Å². The minimum atomic E-state index is -0.709. The molecule has 0 radical (unpaired) electrons. The fourth-order valence-electron chi connectivity index (χ4n) is 3.56. The van der Waals surface area contributed by atoms with Crippen LogP contribution in [0.4, 0.5) is 5.13 Å². The van der Waals surface area contributed by atoms with Gasteiger partial charge in [-0.3, -0.25) is 15.0 Å². The van der Waals surface area contributed by atoms with Gasteiger partial charge < -0.3 is 4.74 Å². The lowest BCUT2D eigenvalue weighted by molar-refractivity contribution is -0.124. The number of nitrogens with zero attached hydrogens (tertiary/aromatic N) is 3. The Kier molecular flexibility index (Phi) is 7.24. The molecule has 29 heavy (non-hydrogen) atoms. The summed E-state index contributed by atoms with van der Waals surface area (Å²) in [5, 5.41) is 14.7. The number of rotatable bonds is 7. The van der Waals surface area contributed by atoms with Gasteiger partial charge >= 0.3 is 0 Å². The van der Waals surface area contributed by atoms with E-state index in [2.05, 4.69) is 28.2 Å². The van der Waals surface area contributed by atoms with E-state index in [-0.39, 0.29) is 11.8 Å². The highest BCUT2D eigenvalue weighted by Crippen LogP contribution is 2.24. The third-order valence-corrected chi connectivity index (χ3v) is 5.84. The quantitative estimate of drug-likeness (QED) is 0.734. The molecule has 1 N–H and O–H groups in total. The van der Waals surface area contributed by atoms with Gasteiger partial charge in [0.25, 0.3) is 5.91 Å². The van der Waals surface area contributed by atoms with Gasteiger partial charge in [-0.15, -0.1) is 11.3 Å². The van der Waals surface area contributed by atoms with Crippen molar-refractivity contribution in [1.29, 1.82) is 5.26 Å². The lowest BCUT2D eigenvalue weighted by Crippen LogP contribution is -2.37. The maximum absolute atomic E-state index is 12.8. The molecule has 154 valence electrons. The highest BCUT2D eigenvalue weighted by molar-refractivity contribution is 7.13. The van der Waals surface area contributed by atoms with Crippen LogP contribution >= 0.6 is 11.3 Å². The van der Waals surface area contributed by atoms with Crippen molar-refractivity contribution in [2.24, 2.45) is 11.8 Å². The van der Waals surface area contributed by atoms with Crippen LogP contribution in [0.3, 0.4) is 0 Å². The lowest BCUT2D eigenvalue weighted by atomic mass is 10.0. The molecular weight excluding hydrogens is 384 g/mol. The Hall–Kier alpha value is -2.43. The summed E-state index contributed by atoms with van der Waals surface area (Å²) < 4.78 is 5.91. The average molecular weight is 413 g/mol. The summed E-state index contributed by atoms with van der Waals surface area (Å²) in [6, 6.07) is 9.06. The molecule has 1 saturated heterocycles. The number of piperidine rings is 1. The van der Waals surface area contributed by atoms with Gasteiger partial charge in [-0.05, 0) is 43.4 Å². The van der Waals surface area contributed by atoms with Gasteiger partial charge in [0.05, 0.1) is 11.3 Å². The number of hydrogen-bond donors (Lipinski definition) is 1. The van der Waals surface area contributed by atoms with Crippen LogP contribution in [0.1, 0.15) is 44.9 Å². The van der Waals surface area contributed by atoms with Gasteiger partial charge in [-0.2, -0.15) is 5.26 Å². The predicted octanol–water partition coefficient (Wildman–Crippen LogP) is 4.29. The second-order valence-corrected chi connectivity index (χ2v) is 8.86. The minimum Gasteiger partial charge on any atom is -0.479 e. The molecule has 2 heterocycles. The van der Waals surface area contributed by atoms with Crippen molar-refractivity contribution in [3.8, 4) is 11.8 Å². The lowest BCUT2D eigenvalue weighted by Gasteiger charge is -2.30. The van der Waals surface area contributed by atoms with Gasteiger partial charge in [-0.25, -0.2) is 4.98 Å². The fraction of sp³-hybridized carbons (Fsp3) is 0.500. The summed E-state index contributed by atoms with van der Waals surface area (Å²) in [4.78, 5) is 19.9. The van der Waals surface area contributed by atoms with Crippen molar-refractivity contribution in [3.63, 3.8) is 0 Å². The van der Waals surface area contributed by atoms with Crippen molar-refractivity contribution in [3.05, 3.63) is 40.9 Å². The van der Waals surface area contributed by atoms with E-state index in [0.717, 1.165) is 31.2 Å². The standard InChI is InChI=1S/C22H28N4O2S/c1-15(2)20(28-19-9-5-4-8-17(19)11-23)21(27)25-22-24-18(14-29-22)13-26-10-6-7-16(3)12-26/h4-5,8-9,14-16,20H,6-7,10,12-13H2,1-3H3,(H,24,25,27). The van der Waals surface area contributed by atoms with Crippen molar-refractivity contribution in [2.45, 2.75) is 46.3 Å². The molecule has 1 aliphatic heterocycles. The number of aromatic nitrogens is 1. The molecule has 1 amide bonds. The molecule has 2 unspecified atom stereocenters. The van der Waals surface area contributed by atoms with Gasteiger partial charge in [0.1, 0.15) is 11.8 Å². The maximum Gasteiger partial charge on any atom is 0.267 e. The number of ether oxygens (including phenoxy) is 1. The third-order valence-electron chi connectivity index (χ3n) is 5.03. The first-order valence-corrected chi connectivity index (χ1v) is 11.0. The minimum absolute atomic E-state index is 0.0592. The van der Waals surface area contributed by atoms with Crippen LogP contribution in [-0.2, 0) is 11.3 Å². The second-order valence-electron chi connectivity index (χ2n) is 8.01. The van der Waals surface area contributed by atoms with E-state index in [9.17, 15) is 10.1 Å². The molecule has 3 rings (SSSR count). The summed E-state index contributed by atoms with van der Waals surface area (Å²) in [5.41, 5.74) is 1.40. The van der Waals surface area contributed by atoms with Crippen LogP contribution in [0.5, 0.6) is 5.75 Å². The summed E-state index contributed by atoms with van der Waals surface area (Å²) in [6.45, 7) is 9.14. The molecular formula is C22H28N4O2S. The molecule has 0 saturated carbocycles. The first kappa shape index (κ1) is 21.3. The van der Waals surface area contributed by atoms with E-state index in [0.29, 0.717) is 16.4 Å². The number of hydrogen-bond acceptors (Lipinski definition) is 6. The highest BCUT2D eigenvalue weighted by Gasteiger charge is 2.26. The Morgan fingerprint density at radius 3 is 2.97 bits per heavy atom. The van der Waals surface area contributed by atoms with E-state index < -0.39 is 6.10 Å². The summed E-state index contributed by atoms with van der Waals surface area (Å²) in [5.74, 6) is 0.834. The molecule has 7 heteroatoms. The summed E-state index contributed by atoms with van der Waals surface area (Å²) in [6.07, 6.45) is 1.81. The number of thiazole rings is 1. The van der Waals surface area contributed by atoms with Gasteiger partial charge in [0.15, 0.2) is 11.2 Å². The molecule has 1 fully saturated rings. The number of para-hydroxylation sites is 1. The Morgan fingerprint density at radius 1 is 1.45 bits per heavy atom. The molecule has 1 aliphatic rings. The predicted molar refractivity (Wildman–Crippen MR) is 115 cm³/mol. The first-order valence-electron chi connectivity index (χ1n) is 10.1. The SMILES string of the molecule is CC1CCCN(Cc2csc(NC(=O)C(Oc3ccccc3C#N)C(C)C)n2)C1. The number of carbonyl (C=O) groups is 1. The second kappa shape index (κ2) is 9.86. The topological polar surface area (TPSA) is 78.3 Å². The molecule has 1 aromatic carbocycles. The number of likely N-dealkylation sites (tertiary alicyclic amines) is 1. The fourth-order valence-corrected chi connectivity index (χ4v) is 4.27. The third kappa shape index (κ3) is 5.78. The Balaban J connectivity index is 1.63. The zero-order valence-corrected chi connectivity index (χ0v) is 18.0. The molecule has 2 aromatic rings. The largest absolute Gasteiger partial charge is 0.479 e. The van der Waals surface area contributed by atoms with Gasteiger partial charge in [0, 0.05) is 18.5 Å². The average Bonchev–Trinajstić information content (AvgIpc) is 3.12. The number of nitrogens with one attached hydrogen (secondary N) is 1. The molecule has 0 spiro atoms. The normalized spacial score (nSPS) is 18.2. The van der Waals surface area contributed by atoms with E-state index in [1.807, 2.05) is 19.2 Å². The highest BCUT2D eigenvalue weighted by atomic mass is 32.1. The number of benzene rings is 1. The first-order chi connectivity index (χ1) is 14.0. The van der Waals surface area contributed by atoms with Crippen LogP contribution < -0.4 is 10.1 Å². The number of anilines is 1. The smallest absolute Gasteiger partial charge is 0.267 e. The van der Waals surface area contributed by atoms with Gasteiger partial charge in [0.2, 0.25) is 0 Å². The molecule has 2 atom stereocenters. The van der Waals surface area contributed by atoms with Crippen molar-refractivity contribution < 1.29 is 9.53 Å². The van der Waals surface area contributed by atoms with Crippen LogP contribution in [0.2, 0.25) is 0 Å². The van der Waals surface area contributed by atoms with Crippen molar-refractivity contribution >= 4 is 22.4 Å².